The highest BCUT2D eigenvalue weighted by atomic mass is 35.5. The number of amides is 1. The van der Waals surface area contributed by atoms with Crippen LogP contribution in [0.2, 0.25) is 5.02 Å². The SMILES string of the molecule is Cc1ccc(Cl)cc1Nc1cnc(C(=O)NCCC2=CCCCC2)cn1. The fraction of sp³-hybridized carbons (Fsp3) is 0.350. The van der Waals surface area contributed by atoms with Crippen molar-refractivity contribution in [3.8, 4) is 0 Å². The summed E-state index contributed by atoms with van der Waals surface area (Å²) < 4.78 is 0. The minimum absolute atomic E-state index is 0.195. The molecule has 0 fully saturated rings. The monoisotopic (exact) mass is 370 g/mol. The lowest BCUT2D eigenvalue weighted by atomic mass is 9.97. The Bertz CT molecular complexity index is 802. The van der Waals surface area contributed by atoms with Crippen molar-refractivity contribution < 1.29 is 4.79 Å². The van der Waals surface area contributed by atoms with Crippen LogP contribution >= 0.6 is 11.6 Å². The van der Waals surface area contributed by atoms with E-state index in [4.69, 9.17) is 11.6 Å². The predicted octanol–water partition coefficient (Wildman–Crippen LogP) is 4.80. The molecule has 0 unspecified atom stereocenters. The Balaban J connectivity index is 1.54. The van der Waals surface area contributed by atoms with Gasteiger partial charge in [0.2, 0.25) is 0 Å². The number of carbonyl (C=O) groups is 1. The summed E-state index contributed by atoms with van der Waals surface area (Å²) in [5, 5.41) is 6.73. The molecule has 0 radical (unpaired) electrons. The van der Waals surface area contributed by atoms with Gasteiger partial charge in [-0.2, -0.15) is 0 Å². The highest BCUT2D eigenvalue weighted by molar-refractivity contribution is 6.30. The number of anilines is 2. The third kappa shape index (κ3) is 5.05. The summed E-state index contributed by atoms with van der Waals surface area (Å²) in [5.41, 5.74) is 3.68. The highest BCUT2D eigenvalue weighted by Gasteiger charge is 2.09. The number of hydrogen-bond acceptors (Lipinski definition) is 4. The number of halogens is 1. The number of rotatable bonds is 6. The zero-order chi connectivity index (χ0) is 18.4. The summed E-state index contributed by atoms with van der Waals surface area (Å²) >= 11 is 6.02. The molecule has 1 aliphatic rings. The maximum absolute atomic E-state index is 12.2. The van der Waals surface area contributed by atoms with Gasteiger partial charge in [0, 0.05) is 17.3 Å². The number of benzene rings is 1. The number of nitrogens with one attached hydrogen (secondary N) is 2. The van der Waals surface area contributed by atoms with Gasteiger partial charge >= 0.3 is 0 Å². The second-order valence-electron chi connectivity index (χ2n) is 6.49. The van der Waals surface area contributed by atoms with E-state index in [1.54, 1.807) is 6.20 Å². The smallest absolute Gasteiger partial charge is 0.271 e. The van der Waals surface area contributed by atoms with E-state index in [1.165, 1.54) is 24.6 Å². The molecule has 136 valence electrons. The lowest BCUT2D eigenvalue weighted by Crippen LogP contribution is -2.26. The maximum atomic E-state index is 12.2. The third-order valence-corrected chi connectivity index (χ3v) is 4.70. The zero-order valence-electron chi connectivity index (χ0n) is 14.9. The Kier molecular flexibility index (Phi) is 6.23. The van der Waals surface area contributed by atoms with Crippen LogP contribution in [0.4, 0.5) is 11.5 Å². The van der Waals surface area contributed by atoms with E-state index in [2.05, 4.69) is 26.7 Å². The summed E-state index contributed by atoms with van der Waals surface area (Å²) in [6, 6.07) is 5.60. The molecule has 0 bridgehead atoms. The Hall–Kier alpha value is -2.40. The second-order valence-corrected chi connectivity index (χ2v) is 6.92. The largest absolute Gasteiger partial charge is 0.350 e. The fourth-order valence-corrected chi connectivity index (χ4v) is 3.11. The molecule has 6 heteroatoms. The van der Waals surface area contributed by atoms with Crippen LogP contribution in [0.1, 0.15) is 48.2 Å². The first-order chi connectivity index (χ1) is 12.6. The molecule has 1 heterocycles. The quantitative estimate of drug-likeness (QED) is 0.716. The van der Waals surface area contributed by atoms with Crippen LogP contribution < -0.4 is 10.6 Å². The van der Waals surface area contributed by atoms with E-state index in [1.807, 2.05) is 25.1 Å². The molecule has 1 aliphatic carbocycles. The Labute approximate surface area is 158 Å². The van der Waals surface area contributed by atoms with Crippen molar-refractivity contribution in [2.75, 3.05) is 11.9 Å². The van der Waals surface area contributed by atoms with E-state index in [-0.39, 0.29) is 5.91 Å². The maximum Gasteiger partial charge on any atom is 0.271 e. The van der Waals surface area contributed by atoms with E-state index in [9.17, 15) is 4.79 Å². The summed E-state index contributed by atoms with van der Waals surface area (Å²) in [5.74, 6) is 0.374. The number of carbonyl (C=O) groups excluding carboxylic acids is 1. The average Bonchev–Trinajstić information content (AvgIpc) is 2.66. The molecule has 2 aromatic rings. The van der Waals surface area contributed by atoms with Gasteiger partial charge in [0.15, 0.2) is 0 Å². The minimum atomic E-state index is -0.195. The van der Waals surface area contributed by atoms with Gasteiger partial charge in [-0.25, -0.2) is 9.97 Å². The highest BCUT2D eigenvalue weighted by Crippen LogP contribution is 2.23. The van der Waals surface area contributed by atoms with Crippen molar-refractivity contribution in [2.45, 2.75) is 39.0 Å². The first-order valence-electron chi connectivity index (χ1n) is 8.93. The number of hydrogen-bond donors (Lipinski definition) is 2. The summed E-state index contributed by atoms with van der Waals surface area (Å²) in [7, 11) is 0. The van der Waals surface area contributed by atoms with Crippen molar-refractivity contribution in [1.82, 2.24) is 15.3 Å². The van der Waals surface area contributed by atoms with Crippen molar-refractivity contribution >= 4 is 29.0 Å². The van der Waals surface area contributed by atoms with Crippen LogP contribution in [0.3, 0.4) is 0 Å². The Morgan fingerprint density at radius 1 is 1.23 bits per heavy atom. The van der Waals surface area contributed by atoms with Crippen LogP contribution in [0.25, 0.3) is 0 Å². The third-order valence-electron chi connectivity index (χ3n) is 4.46. The molecule has 2 N–H and O–H groups in total. The molecular formula is C20H23ClN4O. The van der Waals surface area contributed by atoms with Gasteiger partial charge in [-0.1, -0.05) is 29.3 Å². The van der Waals surface area contributed by atoms with Gasteiger partial charge in [0.25, 0.3) is 5.91 Å². The number of aromatic nitrogens is 2. The van der Waals surface area contributed by atoms with E-state index < -0.39 is 0 Å². The van der Waals surface area contributed by atoms with Crippen LogP contribution in [0.5, 0.6) is 0 Å². The van der Waals surface area contributed by atoms with Gasteiger partial charge in [0.1, 0.15) is 11.5 Å². The molecule has 1 amide bonds. The van der Waals surface area contributed by atoms with Crippen molar-refractivity contribution in [3.05, 3.63) is 58.5 Å². The molecule has 1 aromatic heterocycles. The van der Waals surface area contributed by atoms with Crippen LogP contribution in [0.15, 0.2) is 42.2 Å². The second kappa shape index (κ2) is 8.81. The lowest BCUT2D eigenvalue weighted by molar-refractivity contribution is 0.0948. The number of nitrogens with zero attached hydrogens (tertiary/aromatic N) is 2. The summed E-state index contributed by atoms with van der Waals surface area (Å²) in [6.07, 6.45) is 11.1. The molecule has 0 saturated carbocycles. The van der Waals surface area contributed by atoms with E-state index in [0.29, 0.717) is 23.1 Å². The first kappa shape index (κ1) is 18.4. The first-order valence-corrected chi connectivity index (χ1v) is 9.31. The van der Waals surface area contributed by atoms with Crippen LogP contribution in [-0.2, 0) is 0 Å². The summed E-state index contributed by atoms with van der Waals surface area (Å²) in [6.45, 7) is 2.61. The molecule has 26 heavy (non-hydrogen) atoms. The van der Waals surface area contributed by atoms with Gasteiger partial charge in [-0.15, -0.1) is 0 Å². The van der Waals surface area contributed by atoms with Gasteiger partial charge in [-0.05, 0) is 56.7 Å². The summed E-state index contributed by atoms with van der Waals surface area (Å²) in [4.78, 5) is 20.7. The van der Waals surface area contributed by atoms with Gasteiger partial charge in [-0.3, -0.25) is 4.79 Å². The molecule has 1 aromatic carbocycles. The van der Waals surface area contributed by atoms with Crippen molar-refractivity contribution in [1.29, 1.82) is 0 Å². The average molecular weight is 371 g/mol. The van der Waals surface area contributed by atoms with Crippen molar-refractivity contribution in [2.24, 2.45) is 0 Å². The van der Waals surface area contributed by atoms with E-state index >= 15 is 0 Å². The van der Waals surface area contributed by atoms with Crippen LogP contribution in [0, 0.1) is 6.92 Å². The van der Waals surface area contributed by atoms with E-state index in [0.717, 1.165) is 30.5 Å². The predicted molar refractivity (Wildman–Crippen MR) is 105 cm³/mol. The number of allylic oxidation sites excluding steroid dienone is 1. The fourth-order valence-electron chi connectivity index (χ4n) is 2.94. The topological polar surface area (TPSA) is 66.9 Å². The van der Waals surface area contributed by atoms with Gasteiger partial charge < -0.3 is 10.6 Å². The number of aryl methyl sites for hydroxylation is 1. The standard InChI is InChI=1S/C20H23ClN4O/c1-14-7-8-16(21)11-17(14)25-19-13-23-18(12-24-19)20(26)22-10-9-15-5-3-2-4-6-15/h5,7-8,11-13H,2-4,6,9-10H2,1H3,(H,22,26)(H,24,25). The molecule has 5 nitrogen and oxygen atoms in total. The molecular weight excluding hydrogens is 348 g/mol. The molecule has 0 aliphatic heterocycles. The minimum Gasteiger partial charge on any atom is -0.350 e. The zero-order valence-corrected chi connectivity index (χ0v) is 15.6. The normalized spacial score (nSPS) is 13.8. The Morgan fingerprint density at radius 3 is 2.85 bits per heavy atom. The molecule has 0 atom stereocenters. The lowest BCUT2D eigenvalue weighted by Gasteiger charge is -2.13. The Morgan fingerprint density at radius 2 is 2.12 bits per heavy atom. The molecule has 3 rings (SSSR count). The van der Waals surface area contributed by atoms with Crippen molar-refractivity contribution in [3.63, 3.8) is 0 Å². The van der Waals surface area contributed by atoms with Crippen LogP contribution in [-0.4, -0.2) is 22.4 Å². The van der Waals surface area contributed by atoms with Gasteiger partial charge in [0.05, 0.1) is 12.4 Å². The molecule has 0 spiro atoms. The molecule has 0 saturated heterocycles.